The molecule has 0 radical (unpaired) electrons. The number of carbonyl (C=O) groups excluding carboxylic acids is 1. The van der Waals surface area contributed by atoms with Crippen LogP contribution in [0.25, 0.3) is 16.7 Å². The van der Waals surface area contributed by atoms with Crippen LogP contribution in [0.1, 0.15) is 5.89 Å². The minimum Gasteiger partial charge on any atom is -0.436 e. The van der Waals surface area contributed by atoms with E-state index in [9.17, 15) is 4.79 Å². The number of rotatable bonds is 4. The summed E-state index contributed by atoms with van der Waals surface area (Å²) in [6.07, 6.45) is 2.58. The summed E-state index contributed by atoms with van der Waals surface area (Å²) in [7, 11) is 0. The van der Waals surface area contributed by atoms with Gasteiger partial charge < -0.3 is 9.73 Å². The average Bonchev–Trinajstić information content (AvgIpc) is 2.98. The van der Waals surface area contributed by atoms with Crippen molar-refractivity contribution in [3.05, 3.63) is 36.4 Å². The van der Waals surface area contributed by atoms with Gasteiger partial charge in [-0.2, -0.15) is 0 Å². The lowest BCUT2D eigenvalue weighted by molar-refractivity contribution is -0.146. The van der Waals surface area contributed by atoms with E-state index in [1.165, 1.54) is 0 Å². The summed E-state index contributed by atoms with van der Waals surface area (Å²) in [6, 6.07) is 7.54. The molecule has 4 fully saturated rings. The maximum absolute atomic E-state index is 11.6. The van der Waals surface area contributed by atoms with Gasteiger partial charge in [0.1, 0.15) is 5.52 Å². The molecule has 1 aromatic carbocycles. The highest BCUT2D eigenvalue weighted by Gasteiger charge is 2.48. The molecule has 0 unspecified atom stereocenters. The van der Waals surface area contributed by atoms with Crippen molar-refractivity contribution < 1.29 is 9.21 Å². The van der Waals surface area contributed by atoms with Gasteiger partial charge in [-0.1, -0.05) is 12.1 Å². The minimum atomic E-state index is -0.0327. The second-order valence-corrected chi connectivity index (χ2v) is 7.04. The standard InChI is InChI=1S/C17H19N5O2/c23-6-13(16-19-14-3-1-2-4-15(14)24-16)5-18-17-7-20-10-21(8-17)12-22(9-17)11-20/h1-6,18H,7-12H2. The zero-order valence-electron chi connectivity index (χ0n) is 13.3. The first-order valence-corrected chi connectivity index (χ1v) is 8.19. The number of oxazole rings is 1. The van der Waals surface area contributed by atoms with E-state index < -0.39 is 0 Å². The number of fused-ring (bicyclic) bond motifs is 1. The molecule has 0 amide bonds. The van der Waals surface area contributed by atoms with Gasteiger partial charge in [0.2, 0.25) is 5.89 Å². The Labute approximate surface area is 139 Å². The first-order valence-electron chi connectivity index (χ1n) is 8.19. The van der Waals surface area contributed by atoms with Gasteiger partial charge in [0.25, 0.3) is 0 Å². The number of benzene rings is 1. The summed E-state index contributed by atoms with van der Waals surface area (Å²) in [5.74, 6) is 0.365. The molecule has 4 saturated heterocycles. The predicted octanol–water partition coefficient (Wildman–Crippen LogP) is 0.515. The van der Waals surface area contributed by atoms with E-state index in [4.69, 9.17) is 4.42 Å². The highest BCUT2D eigenvalue weighted by molar-refractivity contribution is 6.05. The molecule has 0 aliphatic carbocycles. The smallest absolute Gasteiger partial charge is 0.232 e. The molecule has 0 spiro atoms. The van der Waals surface area contributed by atoms with Gasteiger partial charge in [0, 0.05) is 25.8 Å². The number of hydrogen-bond donors (Lipinski definition) is 1. The van der Waals surface area contributed by atoms with Crippen LogP contribution in [0.2, 0.25) is 0 Å². The molecule has 6 rings (SSSR count). The lowest BCUT2D eigenvalue weighted by Crippen LogP contribution is -2.79. The monoisotopic (exact) mass is 325 g/mol. The molecule has 1 N–H and O–H groups in total. The molecule has 0 saturated carbocycles. The Bertz CT molecular complexity index is 759. The van der Waals surface area contributed by atoms with Gasteiger partial charge in [-0.05, 0) is 12.1 Å². The third kappa shape index (κ3) is 2.24. The third-order valence-electron chi connectivity index (χ3n) is 4.98. The van der Waals surface area contributed by atoms with Crippen molar-refractivity contribution in [3.8, 4) is 0 Å². The predicted molar refractivity (Wildman–Crippen MR) is 88.6 cm³/mol. The van der Waals surface area contributed by atoms with E-state index in [0.717, 1.165) is 51.4 Å². The summed E-state index contributed by atoms with van der Waals surface area (Å²) in [6.45, 7) is 6.10. The van der Waals surface area contributed by atoms with Crippen LogP contribution >= 0.6 is 0 Å². The maximum Gasteiger partial charge on any atom is 0.232 e. The minimum absolute atomic E-state index is 0.0327. The van der Waals surface area contributed by atoms with Gasteiger partial charge in [-0.25, -0.2) is 4.98 Å². The molecule has 0 atom stereocenters. The zero-order chi connectivity index (χ0) is 16.1. The van der Waals surface area contributed by atoms with Crippen LogP contribution in [-0.2, 0) is 4.79 Å². The van der Waals surface area contributed by atoms with Crippen molar-refractivity contribution in [2.24, 2.45) is 0 Å². The van der Waals surface area contributed by atoms with E-state index in [2.05, 4.69) is 25.0 Å². The van der Waals surface area contributed by atoms with Crippen LogP contribution in [0.15, 0.2) is 34.9 Å². The topological polar surface area (TPSA) is 64.9 Å². The normalized spacial score (nSPS) is 34.7. The van der Waals surface area contributed by atoms with Crippen LogP contribution in [-0.4, -0.2) is 71.1 Å². The second-order valence-electron chi connectivity index (χ2n) is 7.04. The van der Waals surface area contributed by atoms with Crippen LogP contribution in [0, 0.1) is 0 Å². The third-order valence-corrected chi connectivity index (χ3v) is 4.98. The van der Waals surface area contributed by atoms with E-state index in [1.54, 1.807) is 6.20 Å². The maximum atomic E-state index is 11.6. The molecule has 24 heavy (non-hydrogen) atoms. The van der Waals surface area contributed by atoms with Gasteiger partial charge >= 0.3 is 0 Å². The van der Waals surface area contributed by atoms with E-state index in [0.29, 0.717) is 17.0 Å². The summed E-state index contributed by atoms with van der Waals surface area (Å²) < 4.78 is 5.71. The van der Waals surface area contributed by atoms with E-state index >= 15 is 0 Å². The second kappa shape index (κ2) is 5.14. The molecule has 4 bridgehead atoms. The molecule has 4 aliphatic rings. The van der Waals surface area contributed by atoms with Crippen LogP contribution in [0.4, 0.5) is 0 Å². The zero-order valence-corrected chi connectivity index (χ0v) is 13.3. The van der Waals surface area contributed by atoms with Crippen LogP contribution < -0.4 is 5.32 Å². The summed E-state index contributed by atoms with van der Waals surface area (Å²) in [5, 5.41) is 3.50. The number of para-hydroxylation sites is 2. The molecule has 1 aromatic heterocycles. The summed E-state index contributed by atoms with van der Waals surface area (Å²) in [5.41, 5.74) is 1.87. The van der Waals surface area contributed by atoms with Crippen LogP contribution in [0.3, 0.4) is 0 Å². The van der Waals surface area contributed by atoms with Gasteiger partial charge in [-0.15, -0.1) is 0 Å². The average molecular weight is 325 g/mol. The molecule has 7 heteroatoms. The number of aldehydes is 1. The van der Waals surface area contributed by atoms with E-state index in [-0.39, 0.29) is 5.54 Å². The van der Waals surface area contributed by atoms with E-state index in [1.807, 2.05) is 24.3 Å². The van der Waals surface area contributed by atoms with Gasteiger partial charge in [0.15, 0.2) is 11.9 Å². The van der Waals surface area contributed by atoms with Crippen LogP contribution in [0.5, 0.6) is 0 Å². The fourth-order valence-corrected chi connectivity index (χ4v) is 4.23. The highest BCUT2D eigenvalue weighted by Crippen LogP contribution is 2.29. The highest BCUT2D eigenvalue weighted by atomic mass is 16.3. The Kier molecular flexibility index (Phi) is 3.03. The molecule has 2 aromatic rings. The van der Waals surface area contributed by atoms with Crippen molar-refractivity contribution in [3.63, 3.8) is 0 Å². The molecule has 124 valence electrons. The number of nitrogens with zero attached hydrogens (tertiary/aromatic N) is 4. The van der Waals surface area contributed by atoms with Crippen molar-refractivity contribution >= 4 is 23.0 Å². The number of allylic oxidation sites excluding steroid dienone is 1. The van der Waals surface area contributed by atoms with Gasteiger partial charge in [0.05, 0.1) is 31.1 Å². The Hall–Kier alpha value is -2.22. The molecule has 7 nitrogen and oxygen atoms in total. The Morgan fingerprint density at radius 1 is 1.12 bits per heavy atom. The fourth-order valence-electron chi connectivity index (χ4n) is 4.23. The Morgan fingerprint density at radius 3 is 2.42 bits per heavy atom. The van der Waals surface area contributed by atoms with Gasteiger partial charge in [-0.3, -0.25) is 19.5 Å². The first-order chi connectivity index (χ1) is 11.7. The van der Waals surface area contributed by atoms with Crippen molar-refractivity contribution in [2.45, 2.75) is 5.54 Å². The lowest BCUT2D eigenvalue weighted by Gasteiger charge is -2.60. The molecular weight excluding hydrogens is 306 g/mol. The van der Waals surface area contributed by atoms with Crippen molar-refractivity contribution in [2.75, 3.05) is 39.6 Å². The lowest BCUT2D eigenvalue weighted by atomic mass is 9.91. The Balaban J connectivity index is 1.42. The van der Waals surface area contributed by atoms with Crippen molar-refractivity contribution in [1.29, 1.82) is 0 Å². The number of aromatic nitrogens is 1. The first kappa shape index (κ1) is 14.2. The quantitative estimate of drug-likeness (QED) is 0.649. The summed E-state index contributed by atoms with van der Waals surface area (Å²) in [4.78, 5) is 23.3. The fraction of sp³-hybridized carbons (Fsp3) is 0.412. The molecule has 5 heterocycles. The molecule has 4 aliphatic heterocycles. The molecular formula is C17H19N5O2. The number of carbonyl (C=O) groups is 1. The number of nitrogens with one attached hydrogen (secondary N) is 1. The largest absolute Gasteiger partial charge is 0.436 e. The van der Waals surface area contributed by atoms with Crippen molar-refractivity contribution in [1.82, 2.24) is 25.0 Å². The number of hydrogen-bond acceptors (Lipinski definition) is 7. The summed E-state index contributed by atoms with van der Waals surface area (Å²) >= 11 is 0. The SMILES string of the molecule is O=CC(=CNC12CN3CN(CN(C3)C1)C2)c1nc2ccccc2o1. The Morgan fingerprint density at radius 2 is 1.79 bits per heavy atom.